The van der Waals surface area contributed by atoms with Crippen molar-refractivity contribution in [3.63, 3.8) is 0 Å². The lowest BCUT2D eigenvalue weighted by atomic mass is 10.0. The molecule has 1 heterocycles. The average molecular weight is 284 g/mol. The molecule has 0 aliphatic heterocycles. The summed E-state index contributed by atoms with van der Waals surface area (Å²) in [5.74, 6) is -0.317. The minimum absolute atomic E-state index is 0.0806. The van der Waals surface area contributed by atoms with Crippen molar-refractivity contribution in [2.75, 3.05) is 0 Å². The molecule has 0 spiro atoms. The molecule has 0 aliphatic carbocycles. The number of nitrogens with two attached hydrogens (primary N) is 1. The second-order valence-electron chi connectivity index (χ2n) is 4.21. The fourth-order valence-electron chi connectivity index (χ4n) is 1.98. The summed E-state index contributed by atoms with van der Waals surface area (Å²) in [6.07, 6.45) is 1.61. The largest absolute Gasteiger partial charge is 0.323 e. The molecule has 4 heteroatoms. The second kappa shape index (κ2) is 5.83. The lowest BCUT2D eigenvalue weighted by Crippen LogP contribution is -2.13. The Balaban J connectivity index is 2.18. The maximum absolute atomic E-state index is 13.0. The molecule has 1 aromatic heterocycles. The van der Waals surface area contributed by atoms with Crippen molar-refractivity contribution in [3.8, 4) is 0 Å². The number of halogens is 2. The molecule has 2 N–H and O–H groups in total. The number of aryl methyl sites for hydroxylation is 1. The minimum Gasteiger partial charge on any atom is -0.323 e. The summed E-state index contributed by atoms with van der Waals surface area (Å²) in [7, 11) is 0. The molecule has 0 amide bonds. The molecule has 1 aromatic carbocycles. The molecule has 2 aromatic rings. The Morgan fingerprint density at radius 3 is 2.78 bits per heavy atom. The Morgan fingerprint density at radius 2 is 2.11 bits per heavy atom. The molecular weight excluding hydrogens is 269 g/mol. The van der Waals surface area contributed by atoms with Crippen molar-refractivity contribution < 1.29 is 4.39 Å². The van der Waals surface area contributed by atoms with E-state index in [9.17, 15) is 4.39 Å². The van der Waals surface area contributed by atoms with Gasteiger partial charge in [-0.15, -0.1) is 11.3 Å². The highest BCUT2D eigenvalue weighted by Crippen LogP contribution is 2.28. The summed E-state index contributed by atoms with van der Waals surface area (Å²) < 4.78 is 13.0. The first-order valence-corrected chi connectivity index (χ1v) is 7.13. The highest BCUT2D eigenvalue weighted by atomic mass is 35.5. The zero-order valence-corrected chi connectivity index (χ0v) is 11.7. The molecule has 2 rings (SSSR count). The summed E-state index contributed by atoms with van der Waals surface area (Å²) in [4.78, 5) is 1.19. The van der Waals surface area contributed by atoms with E-state index in [0.717, 1.165) is 12.0 Å². The molecular formula is C14H15ClFNS. The van der Waals surface area contributed by atoms with E-state index >= 15 is 0 Å². The van der Waals surface area contributed by atoms with Crippen LogP contribution in [0, 0.1) is 5.82 Å². The van der Waals surface area contributed by atoms with E-state index in [4.69, 9.17) is 17.3 Å². The van der Waals surface area contributed by atoms with Crippen LogP contribution in [0.4, 0.5) is 4.39 Å². The third kappa shape index (κ3) is 2.91. The molecule has 0 aliphatic rings. The number of hydrogen-bond donors (Lipinski definition) is 1. The van der Waals surface area contributed by atoms with E-state index in [0.29, 0.717) is 11.4 Å². The van der Waals surface area contributed by atoms with Crippen molar-refractivity contribution in [2.45, 2.75) is 25.8 Å². The highest BCUT2D eigenvalue weighted by Gasteiger charge is 2.14. The third-order valence-electron chi connectivity index (χ3n) is 2.95. The number of thiophene rings is 1. The Labute approximate surface area is 115 Å². The number of hydrogen-bond acceptors (Lipinski definition) is 2. The first kappa shape index (κ1) is 13.5. The average Bonchev–Trinajstić information content (AvgIpc) is 2.81. The van der Waals surface area contributed by atoms with Crippen molar-refractivity contribution in [3.05, 3.63) is 56.5 Å². The van der Waals surface area contributed by atoms with Gasteiger partial charge in [0.1, 0.15) is 5.82 Å². The molecule has 1 unspecified atom stereocenters. The van der Waals surface area contributed by atoms with Gasteiger partial charge in [0.2, 0.25) is 0 Å². The topological polar surface area (TPSA) is 26.0 Å². The molecule has 18 heavy (non-hydrogen) atoms. The van der Waals surface area contributed by atoms with Crippen LogP contribution < -0.4 is 5.73 Å². The summed E-state index contributed by atoms with van der Waals surface area (Å²) in [5.41, 5.74) is 8.39. The fourth-order valence-corrected chi connectivity index (χ4v) is 3.23. The van der Waals surface area contributed by atoms with E-state index in [-0.39, 0.29) is 11.9 Å². The summed E-state index contributed by atoms with van der Waals surface area (Å²) >= 11 is 7.68. The van der Waals surface area contributed by atoms with Crippen LogP contribution in [0.2, 0.25) is 5.02 Å². The molecule has 0 saturated heterocycles. The Bertz CT molecular complexity index is 538. The molecule has 0 radical (unpaired) electrons. The first-order valence-electron chi connectivity index (χ1n) is 5.87. The molecule has 0 bridgehead atoms. The predicted molar refractivity (Wildman–Crippen MR) is 75.7 cm³/mol. The minimum atomic E-state index is -0.317. The van der Waals surface area contributed by atoms with Crippen LogP contribution in [0.3, 0.4) is 0 Å². The quantitative estimate of drug-likeness (QED) is 0.887. The predicted octanol–water partition coefficient (Wildman–Crippen LogP) is 4.35. The lowest BCUT2D eigenvalue weighted by Gasteiger charge is -2.13. The Hall–Kier alpha value is -0.900. The van der Waals surface area contributed by atoms with Crippen LogP contribution >= 0.6 is 22.9 Å². The van der Waals surface area contributed by atoms with Gasteiger partial charge < -0.3 is 5.73 Å². The van der Waals surface area contributed by atoms with Crippen LogP contribution in [-0.2, 0) is 12.8 Å². The van der Waals surface area contributed by atoms with Crippen molar-refractivity contribution in [1.82, 2.24) is 0 Å². The van der Waals surface area contributed by atoms with E-state index in [2.05, 4.69) is 18.4 Å². The fraction of sp³-hybridized carbons (Fsp3) is 0.286. The van der Waals surface area contributed by atoms with Crippen molar-refractivity contribution >= 4 is 22.9 Å². The highest BCUT2D eigenvalue weighted by molar-refractivity contribution is 7.10. The number of rotatable bonds is 4. The third-order valence-corrected chi connectivity index (χ3v) is 4.40. The second-order valence-corrected chi connectivity index (χ2v) is 5.56. The van der Waals surface area contributed by atoms with Crippen LogP contribution in [0.15, 0.2) is 29.6 Å². The summed E-state index contributed by atoms with van der Waals surface area (Å²) in [5, 5.41) is 2.50. The smallest absolute Gasteiger partial charge is 0.124 e. The SMILES string of the molecule is CCc1ccsc1C(N)Cc1ccc(F)cc1Cl. The van der Waals surface area contributed by atoms with E-state index in [1.807, 2.05) is 0 Å². The Kier molecular flexibility index (Phi) is 4.38. The van der Waals surface area contributed by atoms with Gasteiger partial charge in [0.25, 0.3) is 0 Å². The van der Waals surface area contributed by atoms with Crippen LogP contribution in [0.5, 0.6) is 0 Å². The van der Waals surface area contributed by atoms with Crippen LogP contribution in [0.1, 0.15) is 29.0 Å². The van der Waals surface area contributed by atoms with Crippen LogP contribution in [-0.4, -0.2) is 0 Å². The van der Waals surface area contributed by atoms with Gasteiger partial charge in [-0.05, 0) is 47.5 Å². The van der Waals surface area contributed by atoms with Gasteiger partial charge in [-0.2, -0.15) is 0 Å². The van der Waals surface area contributed by atoms with Crippen molar-refractivity contribution in [1.29, 1.82) is 0 Å². The Morgan fingerprint density at radius 1 is 1.33 bits per heavy atom. The van der Waals surface area contributed by atoms with Gasteiger partial charge >= 0.3 is 0 Å². The maximum Gasteiger partial charge on any atom is 0.124 e. The van der Waals surface area contributed by atoms with Gasteiger partial charge in [0.05, 0.1) is 0 Å². The zero-order chi connectivity index (χ0) is 13.1. The molecule has 1 nitrogen and oxygen atoms in total. The van der Waals surface area contributed by atoms with Gasteiger partial charge in [-0.3, -0.25) is 0 Å². The zero-order valence-electron chi connectivity index (χ0n) is 10.1. The van der Waals surface area contributed by atoms with Gasteiger partial charge in [-0.25, -0.2) is 4.39 Å². The van der Waals surface area contributed by atoms with Gasteiger partial charge in [0.15, 0.2) is 0 Å². The van der Waals surface area contributed by atoms with E-state index in [1.54, 1.807) is 17.4 Å². The summed E-state index contributed by atoms with van der Waals surface area (Å²) in [6, 6.07) is 6.48. The summed E-state index contributed by atoms with van der Waals surface area (Å²) in [6.45, 7) is 2.11. The van der Waals surface area contributed by atoms with Crippen LogP contribution in [0.25, 0.3) is 0 Å². The van der Waals surface area contributed by atoms with Crippen molar-refractivity contribution in [2.24, 2.45) is 5.73 Å². The van der Waals surface area contributed by atoms with Gasteiger partial charge in [-0.1, -0.05) is 24.6 Å². The first-order chi connectivity index (χ1) is 8.61. The van der Waals surface area contributed by atoms with E-state index in [1.165, 1.54) is 22.6 Å². The molecule has 0 fully saturated rings. The molecule has 96 valence electrons. The molecule has 1 atom stereocenters. The van der Waals surface area contributed by atoms with E-state index < -0.39 is 0 Å². The standard InChI is InChI=1S/C14H15ClFNS/c1-2-9-5-6-18-14(9)13(17)7-10-3-4-11(16)8-12(10)15/h3-6,8,13H,2,7,17H2,1H3. The monoisotopic (exact) mass is 283 g/mol. The number of benzene rings is 1. The normalized spacial score (nSPS) is 12.7. The van der Waals surface area contributed by atoms with Gasteiger partial charge in [0, 0.05) is 15.9 Å². The maximum atomic E-state index is 13.0. The molecule has 0 saturated carbocycles. The lowest BCUT2D eigenvalue weighted by molar-refractivity contribution is 0.626.